The van der Waals surface area contributed by atoms with Crippen molar-refractivity contribution in [2.45, 2.75) is 4.90 Å². The Morgan fingerprint density at radius 2 is 1.68 bits per heavy atom. The molecule has 3 heterocycles. The van der Waals surface area contributed by atoms with Crippen molar-refractivity contribution in [2.75, 3.05) is 12.0 Å². The van der Waals surface area contributed by atoms with Gasteiger partial charge in [0.1, 0.15) is 16.0 Å². The molecule has 10 heteroatoms. The minimum Gasteiger partial charge on any atom is -0.438 e. The van der Waals surface area contributed by atoms with Gasteiger partial charge in [-0.3, -0.25) is 4.98 Å². The van der Waals surface area contributed by atoms with Crippen molar-refractivity contribution in [3.8, 4) is 34.0 Å². The van der Waals surface area contributed by atoms with E-state index in [2.05, 4.69) is 31.0 Å². The van der Waals surface area contributed by atoms with Gasteiger partial charge in [-0.05, 0) is 46.3 Å². The minimum atomic E-state index is -3.30. The van der Waals surface area contributed by atoms with Crippen LogP contribution in [0.4, 0.5) is 5.82 Å². The quantitative estimate of drug-likeness (QED) is 0.337. The van der Waals surface area contributed by atoms with Crippen LogP contribution in [0.15, 0.2) is 88.5 Å². The number of sulfone groups is 1. The number of rotatable bonds is 5. The van der Waals surface area contributed by atoms with Crippen LogP contribution < -0.4 is 10.5 Å². The van der Waals surface area contributed by atoms with E-state index in [9.17, 15) is 8.42 Å². The highest BCUT2D eigenvalue weighted by Gasteiger charge is 2.18. The number of benzene rings is 2. The maximum Gasteiger partial charge on any atom is 0.239 e. The van der Waals surface area contributed by atoms with Gasteiger partial charge < -0.3 is 10.5 Å². The largest absolute Gasteiger partial charge is 0.438 e. The summed E-state index contributed by atoms with van der Waals surface area (Å²) in [5.74, 6) is 0.958. The van der Waals surface area contributed by atoms with E-state index in [1.165, 1.54) is 16.6 Å². The second kappa shape index (κ2) is 8.54. The average Bonchev–Trinajstić information content (AvgIpc) is 3.27. The standard InChI is InChI=1S/C24H18BrN5O3S/c1-34(31,32)18-10-8-17(9-11-18)33-24-21(25)22(26)30-23(29-24)19(14-28-30)16-7-12-20(27-13-16)15-5-3-2-4-6-15/h2-14H,26H2,1H3. The molecule has 170 valence electrons. The van der Waals surface area contributed by atoms with Crippen molar-refractivity contribution in [2.24, 2.45) is 0 Å². The molecule has 5 aromatic rings. The predicted octanol–water partition coefficient (Wildman–Crippen LogP) is 5.00. The Bertz CT molecular complexity index is 1600. The lowest BCUT2D eigenvalue weighted by atomic mass is 10.1. The van der Waals surface area contributed by atoms with E-state index in [4.69, 9.17) is 10.5 Å². The number of nitrogens with two attached hydrogens (primary N) is 1. The first-order chi connectivity index (χ1) is 16.3. The summed E-state index contributed by atoms with van der Waals surface area (Å²) in [6.07, 6.45) is 4.59. The van der Waals surface area contributed by atoms with Gasteiger partial charge in [0.05, 0.1) is 16.8 Å². The third kappa shape index (κ3) is 4.13. The number of pyridine rings is 1. The Balaban J connectivity index is 1.52. The number of hydrogen-bond donors (Lipinski definition) is 1. The Kier molecular flexibility index (Phi) is 5.54. The Labute approximate surface area is 204 Å². The topological polar surface area (TPSA) is 112 Å². The van der Waals surface area contributed by atoms with Crippen LogP contribution in [-0.2, 0) is 9.84 Å². The van der Waals surface area contributed by atoms with Gasteiger partial charge in [0.2, 0.25) is 5.88 Å². The van der Waals surface area contributed by atoms with Crippen LogP contribution in [0.3, 0.4) is 0 Å². The van der Waals surface area contributed by atoms with Gasteiger partial charge in [0.25, 0.3) is 0 Å². The summed E-state index contributed by atoms with van der Waals surface area (Å²) in [5.41, 5.74) is 10.2. The monoisotopic (exact) mass is 535 g/mol. The van der Waals surface area contributed by atoms with Crippen molar-refractivity contribution in [1.29, 1.82) is 0 Å². The summed E-state index contributed by atoms with van der Waals surface area (Å²) in [5, 5.41) is 4.37. The Hall–Kier alpha value is -3.76. The van der Waals surface area contributed by atoms with E-state index >= 15 is 0 Å². The highest BCUT2D eigenvalue weighted by Crippen LogP contribution is 2.36. The minimum absolute atomic E-state index is 0.200. The van der Waals surface area contributed by atoms with E-state index < -0.39 is 9.84 Å². The molecule has 8 nitrogen and oxygen atoms in total. The molecule has 34 heavy (non-hydrogen) atoms. The molecule has 0 aliphatic carbocycles. The van der Waals surface area contributed by atoms with Gasteiger partial charge in [-0.2, -0.15) is 14.6 Å². The SMILES string of the molecule is CS(=O)(=O)c1ccc(Oc2nc3c(-c4ccc(-c5ccccc5)nc4)cnn3c(N)c2Br)cc1. The van der Waals surface area contributed by atoms with Gasteiger partial charge in [0.15, 0.2) is 15.5 Å². The normalized spacial score (nSPS) is 11.6. The van der Waals surface area contributed by atoms with Gasteiger partial charge >= 0.3 is 0 Å². The molecule has 2 aromatic carbocycles. The maximum absolute atomic E-state index is 11.7. The molecule has 0 aliphatic rings. The fraction of sp³-hybridized carbons (Fsp3) is 0.0417. The molecule has 0 saturated heterocycles. The number of halogens is 1. The summed E-state index contributed by atoms with van der Waals surface area (Å²) in [6, 6.07) is 19.9. The third-order valence-corrected chi connectivity index (χ3v) is 7.08. The third-order valence-electron chi connectivity index (χ3n) is 5.20. The maximum atomic E-state index is 11.7. The average molecular weight is 536 g/mol. The van der Waals surface area contributed by atoms with E-state index in [0.29, 0.717) is 21.7 Å². The van der Waals surface area contributed by atoms with E-state index in [-0.39, 0.29) is 10.8 Å². The van der Waals surface area contributed by atoms with Gasteiger partial charge in [-0.1, -0.05) is 36.4 Å². The number of ether oxygens (including phenoxy) is 1. The molecule has 5 rings (SSSR count). The van der Waals surface area contributed by atoms with E-state index in [1.54, 1.807) is 24.5 Å². The molecule has 0 unspecified atom stereocenters. The molecule has 0 saturated carbocycles. The summed E-state index contributed by atoms with van der Waals surface area (Å²) in [7, 11) is -3.30. The molecule has 0 radical (unpaired) electrons. The van der Waals surface area contributed by atoms with Crippen molar-refractivity contribution < 1.29 is 13.2 Å². The van der Waals surface area contributed by atoms with Crippen LogP contribution in [0.25, 0.3) is 28.0 Å². The summed E-state index contributed by atoms with van der Waals surface area (Å²) in [6.45, 7) is 0. The van der Waals surface area contributed by atoms with Crippen molar-refractivity contribution in [3.63, 3.8) is 0 Å². The molecule has 3 aromatic heterocycles. The van der Waals surface area contributed by atoms with Crippen LogP contribution in [0.2, 0.25) is 0 Å². The lowest BCUT2D eigenvalue weighted by Crippen LogP contribution is -2.04. The number of nitrogen functional groups attached to an aromatic ring is 1. The van der Waals surface area contributed by atoms with Gasteiger partial charge in [-0.15, -0.1) is 0 Å². The molecule has 0 bridgehead atoms. The fourth-order valence-electron chi connectivity index (χ4n) is 3.44. The zero-order chi connectivity index (χ0) is 23.9. The lowest BCUT2D eigenvalue weighted by molar-refractivity contribution is 0.459. The van der Waals surface area contributed by atoms with Crippen molar-refractivity contribution in [3.05, 3.63) is 83.6 Å². The highest BCUT2D eigenvalue weighted by atomic mass is 79.9. The molecule has 0 aliphatic heterocycles. The van der Waals surface area contributed by atoms with E-state index in [1.807, 2.05) is 42.5 Å². The number of fused-ring (bicyclic) bond motifs is 1. The number of aromatic nitrogens is 4. The second-order valence-electron chi connectivity index (χ2n) is 7.55. The molecular weight excluding hydrogens is 518 g/mol. The van der Waals surface area contributed by atoms with Crippen LogP contribution in [0.1, 0.15) is 0 Å². The molecule has 0 spiro atoms. The van der Waals surface area contributed by atoms with Crippen LogP contribution in [0, 0.1) is 0 Å². The zero-order valence-corrected chi connectivity index (χ0v) is 20.3. The van der Waals surface area contributed by atoms with Crippen LogP contribution in [0.5, 0.6) is 11.6 Å². The summed E-state index contributed by atoms with van der Waals surface area (Å²) < 4.78 is 31.3. The molecule has 0 atom stereocenters. The van der Waals surface area contributed by atoms with Gasteiger partial charge in [0, 0.05) is 29.1 Å². The number of nitrogens with zero attached hydrogens (tertiary/aromatic N) is 4. The van der Waals surface area contributed by atoms with Crippen LogP contribution >= 0.6 is 15.9 Å². The fourth-order valence-corrected chi connectivity index (χ4v) is 4.41. The molecular formula is C24H18BrN5O3S. The number of hydrogen-bond acceptors (Lipinski definition) is 7. The Morgan fingerprint density at radius 3 is 2.32 bits per heavy atom. The smallest absolute Gasteiger partial charge is 0.239 e. The molecule has 2 N–H and O–H groups in total. The molecule has 0 amide bonds. The summed E-state index contributed by atoms with van der Waals surface area (Å²) >= 11 is 3.42. The van der Waals surface area contributed by atoms with Gasteiger partial charge in [-0.25, -0.2) is 8.42 Å². The number of anilines is 1. The first kappa shape index (κ1) is 22.1. The second-order valence-corrected chi connectivity index (χ2v) is 10.4. The van der Waals surface area contributed by atoms with E-state index in [0.717, 1.165) is 28.6 Å². The Morgan fingerprint density at radius 1 is 0.941 bits per heavy atom. The van der Waals surface area contributed by atoms with Crippen molar-refractivity contribution in [1.82, 2.24) is 19.6 Å². The predicted molar refractivity (Wildman–Crippen MR) is 133 cm³/mol. The first-order valence-electron chi connectivity index (χ1n) is 10.1. The van der Waals surface area contributed by atoms with Crippen LogP contribution in [-0.4, -0.2) is 34.3 Å². The first-order valence-corrected chi connectivity index (χ1v) is 12.8. The molecule has 0 fully saturated rings. The summed E-state index contributed by atoms with van der Waals surface area (Å²) in [4.78, 5) is 9.41. The van der Waals surface area contributed by atoms with Crippen molar-refractivity contribution >= 4 is 37.2 Å². The lowest BCUT2D eigenvalue weighted by Gasteiger charge is -2.11. The zero-order valence-electron chi connectivity index (χ0n) is 17.9. The highest BCUT2D eigenvalue weighted by molar-refractivity contribution is 9.10.